The third kappa shape index (κ3) is 2.42. The van der Waals surface area contributed by atoms with Gasteiger partial charge in [-0.3, -0.25) is 4.79 Å². The second-order valence-corrected chi connectivity index (χ2v) is 5.93. The SMILES string of the molecule is O=C(C1=C(c2ccccc2)c2cc(O)ccc2C1)c1ccccc1. The van der Waals surface area contributed by atoms with E-state index < -0.39 is 0 Å². The Hall–Kier alpha value is -3.13. The van der Waals surface area contributed by atoms with Gasteiger partial charge in [0.05, 0.1) is 0 Å². The topological polar surface area (TPSA) is 37.3 Å². The number of hydrogen-bond donors (Lipinski definition) is 1. The van der Waals surface area contributed by atoms with Gasteiger partial charge in [0.25, 0.3) is 0 Å². The average Bonchev–Trinajstić information content (AvgIpc) is 3.01. The second kappa shape index (κ2) is 5.82. The normalized spacial score (nSPS) is 13.0. The molecular formula is C22H16O2. The Balaban J connectivity index is 1.92. The standard InChI is InChI=1S/C22H16O2/c23-18-12-11-17-13-20(22(24)16-9-5-2-6-10-16)21(19(17)14-18)15-7-3-1-4-8-15/h1-12,14,23H,13H2. The number of aromatic hydroxyl groups is 1. The summed E-state index contributed by atoms with van der Waals surface area (Å²) >= 11 is 0. The Labute approximate surface area is 140 Å². The summed E-state index contributed by atoms with van der Waals surface area (Å²) in [7, 11) is 0. The molecule has 24 heavy (non-hydrogen) atoms. The van der Waals surface area contributed by atoms with Crippen LogP contribution in [0.25, 0.3) is 5.57 Å². The van der Waals surface area contributed by atoms with Gasteiger partial charge in [-0.2, -0.15) is 0 Å². The lowest BCUT2D eigenvalue weighted by molar-refractivity contribution is 0.103. The first-order valence-electron chi connectivity index (χ1n) is 7.94. The summed E-state index contributed by atoms with van der Waals surface area (Å²) in [5, 5.41) is 9.90. The minimum Gasteiger partial charge on any atom is -0.508 e. The van der Waals surface area contributed by atoms with Gasteiger partial charge in [-0.15, -0.1) is 0 Å². The molecule has 3 aromatic carbocycles. The van der Waals surface area contributed by atoms with Gasteiger partial charge in [0.15, 0.2) is 5.78 Å². The Bertz CT molecular complexity index is 938. The Morgan fingerprint density at radius 3 is 2.21 bits per heavy atom. The second-order valence-electron chi connectivity index (χ2n) is 5.93. The summed E-state index contributed by atoms with van der Waals surface area (Å²) in [6.07, 6.45) is 0.591. The first kappa shape index (κ1) is 14.5. The van der Waals surface area contributed by atoms with Gasteiger partial charge in [-0.05, 0) is 34.4 Å². The largest absolute Gasteiger partial charge is 0.508 e. The molecule has 3 aromatic rings. The Morgan fingerprint density at radius 1 is 0.833 bits per heavy atom. The molecule has 0 atom stereocenters. The number of hydrogen-bond acceptors (Lipinski definition) is 2. The van der Waals surface area contributed by atoms with Crippen LogP contribution in [0.3, 0.4) is 0 Å². The van der Waals surface area contributed by atoms with Crippen molar-refractivity contribution in [2.45, 2.75) is 6.42 Å². The number of fused-ring (bicyclic) bond motifs is 1. The van der Waals surface area contributed by atoms with Crippen molar-refractivity contribution in [3.8, 4) is 5.75 Å². The molecule has 0 aromatic heterocycles. The van der Waals surface area contributed by atoms with Crippen molar-refractivity contribution in [2.24, 2.45) is 0 Å². The predicted molar refractivity (Wildman–Crippen MR) is 95.0 cm³/mol. The van der Waals surface area contributed by atoms with Crippen LogP contribution in [0, 0.1) is 0 Å². The lowest BCUT2D eigenvalue weighted by Gasteiger charge is -2.09. The molecule has 1 N–H and O–H groups in total. The average molecular weight is 312 g/mol. The van der Waals surface area contributed by atoms with Gasteiger partial charge in [0, 0.05) is 17.6 Å². The zero-order chi connectivity index (χ0) is 16.5. The molecule has 0 fully saturated rings. The van der Waals surface area contributed by atoms with Crippen molar-refractivity contribution in [1.29, 1.82) is 0 Å². The number of phenolic OH excluding ortho intramolecular Hbond substituents is 1. The maximum atomic E-state index is 13.1. The van der Waals surface area contributed by atoms with E-state index in [0.717, 1.165) is 27.8 Å². The van der Waals surface area contributed by atoms with E-state index in [-0.39, 0.29) is 11.5 Å². The highest BCUT2D eigenvalue weighted by Crippen LogP contribution is 2.40. The van der Waals surface area contributed by atoms with Crippen LogP contribution in [-0.4, -0.2) is 10.9 Å². The summed E-state index contributed by atoms with van der Waals surface area (Å²) in [6, 6.07) is 24.6. The summed E-state index contributed by atoms with van der Waals surface area (Å²) in [5.74, 6) is 0.265. The Morgan fingerprint density at radius 2 is 1.50 bits per heavy atom. The molecule has 0 heterocycles. The highest BCUT2D eigenvalue weighted by Gasteiger charge is 2.27. The maximum absolute atomic E-state index is 13.1. The number of phenols is 1. The molecule has 0 bridgehead atoms. The third-order valence-electron chi connectivity index (χ3n) is 4.40. The molecule has 0 spiro atoms. The van der Waals surface area contributed by atoms with Crippen molar-refractivity contribution < 1.29 is 9.90 Å². The maximum Gasteiger partial charge on any atom is 0.189 e. The van der Waals surface area contributed by atoms with Gasteiger partial charge in [0.1, 0.15) is 5.75 Å². The van der Waals surface area contributed by atoms with Crippen molar-refractivity contribution in [1.82, 2.24) is 0 Å². The summed E-state index contributed by atoms with van der Waals surface area (Å²) in [5.41, 5.74) is 5.42. The van der Waals surface area contributed by atoms with Crippen LogP contribution in [0.5, 0.6) is 5.75 Å². The monoisotopic (exact) mass is 312 g/mol. The molecule has 2 heteroatoms. The van der Waals surface area contributed by atoms with E-state index in [1.54, 1.807) is 12.1 Å². The number of carbonyl (C=O) groups excluding carboxylic acids is 1. The van der Waals surface area contributed by atoms with Crippen LogP contribution < -0.4 is 0 Å². The van der Waals surface area contributed by atoms with E-state index in [1.165, 1.54) is 0 Å². The molecule has 0 radical (unpaired) electrons. The number of ketones is 1. The fourth-order valence-electron chi connectivity index (χ4n) is 3.28. The lowest BCUT2D eigenvalue weighted by atomic mass is 9.94. The first-order chi connectivity index (χ1) is 11.7. The van der Waals surface area contributed by atoms with Crippen molar-refractivity contribution in [3.63, 3.8) is 0 Å². The predicted octanol–water partition coefficient (Wildman–Crippen LogP) is 4.63. The molecule has 116 valence electrons. The van der Waals surface area contributed by atoms with E-state index in [2.05, 4.69) is 0 Å². The third-order valence-corrected chi connectivity index (χ3v) is 4.40. The number of benzene rings is 3. The quantitative estimate of drug-likeness (QED) is 0.716. The first-order valence-corrected chi connectivity index (χ1v) is 7.94. The number of allylic oxidation sites excluding steroid dienone is 1. The molecular weight excluding hydrogens is 296 g/mol. The fraction of sp³-hybridized carbons (Fsp3) is 0.0455. The Kier molecular flexibility index (Phi) is 3.51. The molecule has 0 saturated heterocycles. The van der Waals surface area contributed by atoms with Crippen LogP contribution in [0.15, 0.2) is 84.4 Å². The van der Waals surface area contributed by atoms with Crippen LogP contribution >= 0.6 is 0 Å². The number of rotatable bonds is 3. The smallest absolute Gasteiger partial charge is 0.189 e. The zero-order valence-corrected chi connectivity index (χ0v) is 13.1. The van der Waals surface area contributed by atoms with Gasteiger partial charge >= 0.3 is 0 Å². The van der Waals surface area contributed by atoms with Crippen LogP contribution in [0.2, 0.25) is 0 Å². The van der Waals surface area contributed by atoms with Crippen LogP contribution in [0.1, 0.15) is 27.0 Å². The number of Topliss-reactive ketones (excluding diaryl/α,β-unsaturated/α-hetero) is 1. The van der Waals surface area contributed by atoms with E-state index in [0.29, 0.717) is 12.0 Å². The van der Waals surface area contributed by atoms with Crippen molar-refractivity contribution in [3.05, 3.63) is 107 Å². The van der Waals surface area contributed by atoms with E-state index in [4.69, 9.17) is 0 Å². The summed E-state index contributed by atoms with van der Waals surface area (Å²) in [4.78, 5) is 13.1. The minimum absolute atomic E-state index is 0.0464. The lowest BCUT2D eigenvalue weighted by Crippen LogP contribution is -2.05. The molecule has 0 saturated carbocycles. The van der Waals surface area contributed by atoms with Gasteiger partial charge < -0.3 is 5.11 Å². The van der Waals surface area contributed by atoms with E-state index in [1.807, 2.05) is 66.7 Å². The van der Waals surface area contributed by atoms with Gasteiger partial charge in [-0.1, -0.05) is 66.7 Å². The van der Waals surface area contributed by atoms with Crippen LogP contribution in [-0.2, 0) is 6.42 Å². The van der Waals surface area contributed by atoms with E-state index in [9.17, 15) is 9.90 Å². The summed E-state index contributed by atoms with van der Waals surface area (Å²) < 4.78 is 0. The van der Waals surface area contributed by atoms with Crippen molar-refractivity contribution in [2.75, 3.05) is 0 Å². The van der Waals surface area contributed by atoms with Gasteiger partial charge in [-0.25, -0.2) is 0 Å². The molecule has 2 nitrogen and oxygen atoms in total. The van der Waals surface area contributed by atoms with Crippen molar-refractivity contribution >= 4 is 11.4 Å². The molecule has 0 aliphatic heterocycles. The fourth-order valence-corrected chi connectivity index (χ4v) is 3.28. The molecule has 1 aliphatic rings. The number of carbonyl (C=O) groups is 1. The highest BCUT2D eigenvalue weighted by atomic mass is 16.3. The molecule has 0 amide bonds. The zero-order valence-electron chi connectivity index (χ0n) is 13.1. The van der Waals surface area contributed by atoms with E-state index >= 15 is 0 Å². The highest BCUT2D eigenvalue weighted by molar-refractivity contribution is 6.16. The van der Waals surface area contributed by atoms with Gasteiger partial charge in [0.2, 0.25) is 0 Å². The molecule has 0 unspecified atom stereocenters. The molecule has 1 aliphatic carbocycles. The molecule has 4 rings (SSSR count). The van der Waals surface area contributed by atoms with Crippen LogP contribution in [0.4, 0.5) is 0 Å². The summed E-state index contributed by atoms with van der Waals surface area (Å²) in [6.45, 7) is 0. The minimum atomic E-state index is 0.0464.